The Morgan fingerprint density at radius 2 is 1.83 bits per heavy atom. The van der Waals surface area contributed by atoms with Crippen LogP contribution in [0.4, 0.5) is 22.0 Å². The highest BCUT2D eigenvalue weighted by Gasteiger charge is 2.58. The Morgan fingerprint density at radius 3 is 2.50 bits per heavy atom. The molecule has 2 aromatic heterocycles. The molecule has 2 bridgehead atoms. The maximum atomic E-state index is 14.2. The van der Waals surface area contributed by atoms with Gasteiger partial charge in [0.1, 0.15) is 29.6 Å². The van der Waals surface area contributed by atoms with Gasteiger partial charge in [0.2, 0.25) is 0 Å². The third-order valence-corrected chi connectivity index (χ3v) is 7.29. The van der Waals surface area contributed by atoms with E-state index in [0.717, 1.165) is 18.6 Å². The number of aromatic amines is 1. The molecule has 1 aromatic carbocycles. The van der Waals surface area contributed by atoms with Gasteiger partial charge in [-0.15, -0.1) is 0 Å². The number of aromatic nitrogens is 4. The van der Waals surface area contributed by atoms with Crippen LogP contribution in [0.2, 0.25) is 0 Å². The molecule has 0 saturated heterocycles. The lowest BCUT2D eigenvalue weighted by Gasteiger charge is -2.58. The average Bonchev–Trinajstić information content (AvgIpc) is 3.26. The molecule has 5 N–H and O–H groups in total. The smallest absolute Gasteiger partial charge is 0.396 e. The topological polar surface area (TPSA) is 106 Å². The number of nitrogens with two attached hydrogens (primary N) is 2. The fourth-order valence-corrected chi connectivity index (χ4v) is 5.43. The molecule has 36 heavy (non-hydrogen) atoms. The zero-order chi connectivity index (χ0) is 25.8. The first-order valence-electron chi connectivity index (χ1n) is 11.4. The van der Waals surface area contributed by atoms with Crippen molar-refractivity contribution in [1.29, 1.82) is 0 Å². The van der Waals surface area contributed by atoms with Gasteiger partial charge in [-0.3, -0.25) is 5.10 Å². The molecule has 1 fully saturated rings. The van der Waals surface area contributed by atoms with Gasteiger partial charge in [-0.05, 0) is 60.6 Å². The third-order valence-electron chi connectivity index (χ3n) is 7.29. The van der Waals surface area contributed by atoms with Gasteiger partial charge in [0.25, 0.3) is 0 Å². The summed E-state index contributed by atoms with van der Waals surface area (Å²) in [6.45, 7) is 2.06. The molecule has 2 heterocycles. The van der Waals surface area contributed by atoms with Gasteiger partial charge >= 0.3 is 6.18 Å². The van der Waals surface area contributed by atoms with Crippen LogP contribution in [0.5, 0.6) is 0 Å². The van der Waals surface area contributed by atoms with Crippen LogP contribution < -0.4 is 11.5 Å². The number of hydrogen-bond acceptors (Lipinski definition) is 5. The number of nitrogens with zero attached hydrogens (tertiary/aromatic N) is 3. The van der Waals surface area contributed by atoms with Gasteiger partial charge in [0, 0.05) is 11.4 Å². The highest BCUT2D eigenvalue weighted by Crippen LogP contribution is 2.61. The Hall–Kier alpha value is -3.76. The summed E-state index contributed by atoms with van der Waals surface area (Å²) >= 11 is 0. The standard InChI is InChI=1S/C25H23F5N6/c1-12-14-8-13(9-17(31)21-15(26)4-2-5-16(21)27)22(32)24(12,10-14)19-7-3-6-18(33-19)23-34-20(35-36-23)11-25(28,29)30/h2-7,9,12,14H,8,10-11,31-32H2,1H3,(H,34,35,36)/b17-9-/t12?,14?,24-/m0/s1. The lowest BCUT2D eigenvalue weighted by atomic mass is 9.46. The summed E-state index contributed by atoms with van der Waals surface area (Å²) in [5.41, 5.74) is 13.9. The maximum Gasteiger partial charge on any atom is 0.396 e. The minimum Gasteiger partial charge on any atom is -0.401 e. The number of H-pyrrole nitrogens is 1. The monoisotopic (exact) mass is 502 g/mol. The van der Waals surface area contributed by atoms with Gasteiger partial charge in [-0.1, -0.05) is 19.1 Å². The number of allylic oxidation sites excluding steroid dienone is 3. The van der Waals surface area contributed by atoms with E-state index in [2.05, 4.69) is 27.1 Å². The van der Waals surface area contributed by atoms with E-state index in [0.29, 0.717) is 29.1 Å². The maximum absolute atomic E-state index is 14.2. The number of nitrogens with one attached hydrogen (secondary N) is 1. The van der Waals surface area contributed by atoms with Crippen molar-refractivity contribution >= 4 is 5.70 Å². The molecular formula is C25H23F5N6. The number of fused-ring (bicyclic) bond motifs is 1. The molecule has 0 aliphatic heterocycles. The molecule has 3 atom stereocenters. The quantitative estimate of drug-likeness (QED) is 0.436. The molecule has 6 nitrogen and oxygen atoms in total. The molecule has 0 spiro atoms. The second-order valence-corrected chi connectivity index (χ2v) is 9.37. The van der Waals surface area contributed by atoms with Gasteiger partial charge in [0.15, 0.2) is 5.82 Å². The summed E-state index contributed by atoms with van der Waals surface area (Å²) in [7, 11) is 0. The molecule has 188 valence electrons. The second-order valence-electron chi connectivity index (χ2n) is 9.37. The average molecular weight is 502 g/mol. The van der Waals surface area contributed by atoms with Gasteiger partial charge < -0.3 is 11.5 Å². The molecule has 11 heteroatoms. The van der Waals surface area contributed by atoms with E-state index in [1.54, 1.807) is 18.2 Å². The van der Waals surface area contributed by atoms with E-state index in [-0.39, 0.29) is 34.7 Å². The van der Waals surface area contributed by atoms with Crippen LogP contribution in [-0.2, 0) is 11.8 Å². The van der Waals surface area contributed by atoms with E-state index < -0.39 is 29.6 Å². The summed E-state index contributed by atoms with van der Waals surface area (Å²) in [6.07, 6.45) is -2.80. The van der Waals surface area contributed by atoms with E-state index in [9.17, 15) is 22.0 Å². The van der Waals surface area contributed by atoms with Crippen LogP contribution in [0.15, 0.2) is 53.7 Å². The summed E-state index contributed by atoms with van der Waals surface area (Å²) in [5.74, 6) is -1.41. The van der Waals surface area contributed by atoms with Gasteiger partial charge in [-0.2, -0.15) is 18.3 Å². The first kappa shape index (κ1) is 24.0. The Bertz CT molecular complexity index is 1370. The molecular weight excluding hydrogens is 479 g/mol. The number of hydrogen-bond donors (Lipinski definition) is 3. The fraction of sp³-hybridized carbons (Fsp3) is 0.320. The number of pyridine rings is 1. The lowest BCUT2D eigenvalue weighted by Crippen LogP contribution is -2.57. The van der Waals surface area contributed by atoms with Gasteiger partial charge in [0.05, 0.1) is 16.7 Å². The summed E-state index contributed by atoms with van der Waals surface area (Å²) < 4.78 is 66.6. The molecule has 3 aliphatic carbocycles. The number of halogens is 5. The molecule has 1 saturated carbocycles. The van der Waals surface area contributed by atoms with Crippen LogP contribution in [0.25, 0.3) is 17.2 Å². The van der Waals surface area contributed by atoms with Crippen molar-refractivity contribution in [2.24, 2.45) is 23.3 Å². The van der Waals surface area contributed by atoms with Gasteiger partial charge in [-0.25, -0.2) is 18.7 Å². The highest BCUT2D eigenvalue weighted by atomic mass is 19.4. The molecule has 3 aromatic rings. The Labute approximate surface area is 203 Å². The number of rotatable bonds is 5. The van der Waals surface area contributed by atoms with Crippen molar-refractivity contribution in [3.63, 3.8) is 0 Å². The zero-order valence-electron chi connectivity index (χ0n) is 19.2. The minimum atomic E-state index is -4.42. The predicted octanol–water partition coefficient (Wildman–Crippen LogP) is 4.76. The van der Waals surface area contributed by atoms with E-state index >= 15 is 0 Å². The predicted molar refractivity (Wildman–Crippen MR) is 123 cm³/mol. The number of benzene rings is 1. The Morgan fingerprint density at radius 1 is 1.14 bits per heavy atom. The first-order chi connectivity index (χ1) is 17.0. The van der Waals surface area contributed by atoms with Crippen LogP contribution in [0, 0.1) is 23.5 Å². The molecule has 6 rings (SSSR count). The second kappa shape index (κ2) is 8.42. The van der Waals surface area contributed by atoms with Crippen molar-refractivity contribution in [2.45, 2.75) is 37.8 Å². The van der Waals surface area contributed by atoms with Crippen molar-refractivity contribution < 1.29 is 22.0 Å². The molecule has 2 unspecified atom stereocenters. The van der Waals surface area contributed by atoms with Crippen LogP contribution >= 0.6 is 0 Å². The normalized spacial score (nSPS) is 24.1. The highest BCUT2D eigenvalue weighted by molar-refractivity contribution is 5.67. The largest absolute Gasteiger partial charge is 0.401 e. The molecule has 0 radical (unpaired) electrons. The fourth-order valence-electron chi connectivity index (χ4n) is 5.43. The summed E-state index contributed by atoms with van der Waals surface area (Å²) in [6, 6.07) is 8.69. The zero-order valence-corrected chi connectivity index (χ0v) is 19.2. The third kappa shape index (κ3) is 3.92. The van der Waals surface area contributed by atoms with E-state index in [1.807, 2.05) is 0 Å². The van der Waals surface area contributed by atoms with Crippen LogP contribution in [0.1, 0.15) is 36.8 Å². The minimum absolute atomic E-state index is 0.0498. The lowest BCUT2D eigenvalue weighted by molar-refractivity contribution is -0.128. The van der Waals surface area contributed by atoms with Crippen molar-refractivity contribution in [1.82, 2.24) is 20.2 Å². The van der Waals surface area contributed by atoms with E-state index in [4.69, 9.17) is 11.5 Å². The van der Waals surface area contributed by atoms with Crippen LogP contribution in [-0.4, -0.2) is 26.3 Å². The first-order valence-corrected chi connectivity index (χ1v) is 11.4. The Kier molecular flexibility index (Phi) is 5.60. The molecule has 0 amide bonds. The summed E-state index contributed by atoms with van der Waals surface area (Å²) in [5, 5.41) is 6.21. The van der Waals surface area contributed by atoms with Crippen LogP contribution in [0.3, 0.4) is 0 Å². The van der Waals surface area contributed by atoms with E-state index in [1.165, 1.54) is 12.1 Å². The van der Waals surface area contributed by atoms with Crippen molar-refractivity contribution in [3.05, 3.63) is 82.5 Å². The SMILES string of the molecule is CC1C2CC(/C=C(\N)c3c(F)cccc3F)=C(N)[C@@]1(c1cccc(-c3n[nH]c(CC(F)(F)F)n3)n1)C2. The van der Waals surface area contributed by atoms with Crippen molar-refractivity contribution in [3.8, 4) is 11.5 Å². The summed E-state index contributed by atoms with van der Waals surface area (Å²) in [4.78, 5) is 8.62. The Balaban J connectivity index is 1.52. The number of alkyl halides is 3. The molecule has 3 aliphatic rings. The van der Waals surface area contributed by atoms with Crippen molar-refractivity contribution in [2.75, 3.05) is 0 Å².